The van der Waals surface area contributed by atoms with Gasteiger partial charge in [-0.05, 0) is 25.5 Å². The van der Waals surface area contributed by atoms with Gasteiger partial charge in [-0.3, -0.25) is 14.7 Å². The van der Waals surface area contributed by atoms with Gasteiger partial charge in [0.2, 0.25) is 0 Å². The largest absolute Gasteiger partial charge is 0.480 e. The van der Waals surface area contributed by atoms with E-state index in [0.29, 0.717) is 18.5 Å². The fourth-order valence-electron chi connectivity index (χ4n) is 2.30. The van der Waals surface area contributed by atoms with Gasteiger partial charge in [0.25, 0.3) is 11.5 Å². The van der Waals surface area contributed by atoms with Crippen LogP contribution in [0.25, 0.3) is 5.69 Å². The van der Waals surface area contributed by atoms with E-state index in [2.05, 4.69) is 10.4 Å². The number of rotatable bonds is 7. The van der Waals surface area contributed by atoms with E-state index < -0.39 is 17.9 Å². The number of carbonyl (C=O) groups excluding carboxylic acids is 1. The van der Waals surface area contributed by atoms with E-state index in [4.69, 9.17) is 5.11 Å². The molecule has 2 aromatic rings. The molecule has 1 aromatic carbocycles. The number of aromatic amines is 1. The highest BCUT2D eigenvalue weighted by Gasteiger charge is 2.21. The topological polar surface area (TPSA) is 104 Å². The third-order valence-electron chi connectivity index (χ3n) is 3.71. The van der Waals surface area contributed by atoms with Crippen LogP contribution in [-0.4, -0.2) is 32.8 Å². The first-order valence-corrected chi connectivity index (χ1v) is 7.85. The van der Waals surface area contributed by atoms with Gasteiger partial charge < -0.3 is 10.4 Å². The van der Waals surface area contributed by atoms with E-state index in [1.807, 2.05) is 26.0 Å². The van der Waals surface area contributed by atoms with Gasteiger partial charge >= 0.3 is 5.97 Å². The normalized spacial score (nSPS) is 11.9. The van der Waals surface area contributed by atoms with Crippen LogP contribution in [-0.2, 0) is 4.79 Å². The predicted octanol–water partition coefficient (Wildman–Crippen LogP) is 1.85. The smallest absolute Gasteiger partial charge is 0.326 e. The first kappa shape index (κ1) is 17.5. The van der Waals surface area contributed by atoms with Crippen molar-refractivity contribution in [2.24, 2.45) is 0 Å². The highest BCUT2D eigenvalue weighted by Crippen LogP contribution is 2.07. The SMILES string of the molecule is CCCC[C@H](NC(=O)c1cc(=O)n(-c2ccc(C)cc2)[nH]1)C(=O)O. The summed E-state index contributed by atoms with van der Waals surface area (Å²) in [6, 6.07) is 7.42. The Morgan fingerprint density at radius 2 is 1.96 bits per heavy atom. The standard InChI is InChI=1S/C17H21N3O4/c1-3-4-5-13(17(23)24)18-16(22)14-10-15(21)20(19-14)12-8-6-11(2)7-9-12/h6-10,13,19H,3-5H2,1-2H3,(H,18,22)(H,23,24)/t13-/m0/s1. The number of aryl methyl sites for hydroxylation is 1. The molecule has 1 heterocycles. The third kappa shape index (κ3) is 4.13. The van der Waals surface area contributed by atoms with E-state index in [1.165, 1.54) is 4.68 Å². The number of benzene rings is 1. The predicted molar refractivity (Wildman–Crippen MR) is 89.5 cm³/mol. The molecular formula is C17H21N3O4. The average molecular weight is 331 g/mol. The third-order valence-corrected chi connectivity index (χ3v) is 3.71. The molecule has 0 aliphatic rings. The van der Waals surface area contributed by atoms with Crippen LogP contribution < -0.4 is 10.9 Å². The molecule has 0 aliphatic heterocycles. The van der Waals surface area contributed by atoms with Crippen LogP contribution in [0.1, 0.15) is 42.2 Å². The van der Waals surface area contributed by atoms with Crippen molar-refractivity contribution in [3.8, 4) is 5.69 Å². The molecule has 0 bridgehead atoms. The number of nitrogens with one attached hydrogen (secondary N) is 2. The quantitative estimate of drug-likeness (QED) is 0.720. The van der Waals surface area contributed by atoms with Gasteiger partial charge in [0, 0.05) is 6.07 Å². The second-order valence-electron chi connectivity index (χ2n) is 5.69. The summed E-state index contributed by atoms with van der Waals surface area (Å²) >= 11 is 0. The Hall–Kier alpha value is -2.83. The molecule has 0 spiro atoms. The van der Waals surface area contributed by atoms with Crippen molar-refractivity contribution in [3.63, 3.8) is 0 Å². The summed E-state index contributed by atoms with van der Waals surface area (Å²) in [5.41, 5.74) is 1.30. The Kier molecular flexibility index (Phi) is 5.57. The van der Waals surface area contributed by atoms with Crippen LogP contribution in [0.15, 0.2) is 35.1 Å². The van der Waals surface area contributed by atoms with Crippen LogP contribution in [0.2, 0.25) is 0 Å². The minimum Gasteiger partial charge on any atom is -0.480 e. The Balaban J connectivity index is 2.19. The Morgan fingerprint density at radius 1 is 1.29 bits per heavy atom. The zero-order chi connectivity index (χ0) is 17.7. The summed E-state index contributed by atoms with van der Waals surface area (Å²) in [5, 5.41) is 14.3. The summed E-state index contributed by atoms with van der Waals surface area (Å²) in [4.78, 5) is 35.5. The number of carboxylic acids is 1. The molecule has 128 valence electrons. The molecule has 0 saturated heterocycles. The molecular weight excluding hydrogens is 310 g/mol. The molecule has 1 aromatic heterocycles. The first-order chi connectivity index (χ1) is 11.4. The van der Waals surface area contributed by atoms with Gasteiger partial charge in [-0.25, -0.2) is 9.48 Å². The zero-order valence-electron chi connectivity index (χ0n) is 13.7. The minimum absolute atomic E-state index is 0.0309. The molecule has 7 heteroatoms. The summed E-state index contributed by atoms with van der Waals surface area (Å²) in [6.07, 6.45) is 1.87. The number of hydrogen-bond acceptors (Lipinski definition) is 3. The summed E-state index contributed by atoms with van der Waals surface area (Å²) in [6.45, 7) is 3.88. The van der Waals surface area contributed by atoms with Gasteiger partial charge in [-0.2, -0.15) is 0 Å². The summed E-state index contributed by atoms with van der Waals surface area (Å²) < 4.78 is 1.25. The molecule has 0 unspecified atom stereocenters. The fourth-order valence-corrected chi connectivity index (χ4v) is 2.30. The fraction of sp³-hybridized carbons (Fsp3) is 0.353. The zero-order valence-corrected chi connectivity index (χ0v) is 13.7. The van der Waals surface area contributed by atoms with E-state index in [0.717, 1.165) is 18.1 Å². The Bertz CT molecular complexity index is 774. The highest BCUT2D eigenvalue weighted by molar-refractivity contribution is 5.94. The monoisotopic (exact) mass is 331 g/mol. The van der Waals surface area contributed by atoms with Gasteiger partial charge in [0.15, 0.2) is 0 Å². The minimum atomic E-state index is -1.09. The first-order valence-electron chi connectivity index (χ1n) is 7.85. The molecule has 0 aliphatic carbocycles. The van der Waals surface area contributed by atoms with Crippen molar-refractivity contribution >= 4 is 11.9 Å². The number of aromatic nitrogens is 2. The van der Waals surface area contributed by atoms with Gasteiger partial charge in [-0.15, -0.1) is 0 Å². The van der Waals surface area contributed by atoms with Gasteiger partial charge in [-0.1, -0.05) is 37.5 Å². The molecule has 2 rings (SSSR count). The maximum atomic E-state index is 12.2. The van der Waals surface area contributed by atoms with Gasteiger partial charge in [0.05, 0.1) is 5.69 Å². The lowest BCUT2D eigenvalue weighted by Gasteiger charge is -2.13. The van der Waals surface area contributed by atoms with Crippen LogP contribution in [0.5, 0.6) is 0 Å². The second kappa shape index (κ2) is 7.63. The number of aliphatic carboxylic acids is 1. The van der Waals surface area contributed by atoms with E-state index >= 15 is 0 Å². The van der Waals surface area contributed by atoms with Crippen molar-refractivity contribution < 1.29 is 14.7 Å². The van der Waals surface area contributed by atoms with Crippen molar-refractivity contribution in [2.75, 3.05) is 0 Å². The molecule has 24 heavy (non-hydrogen) atoms. The van der Waals surface area contributed by atoms with Gasteiger partial charge in [0.1, 0.15) is 11.7 Å². The number of carbonyl (C=O) groups is 2. The van der Waals surface area contributed by atoms with Crippen molar-refractivity contribution in [3.05, 3.63) is 51.9 Å². The lowest BCUT2D eigenvalue weighted by Crippen LogP contribution is -2.40. The number of carboxylic acid groups (broad SMARTS) is 1. The molecule has 0 saturated carbocycles. The molecule has 7 nitrogen and oxygen atoms in total. The van der Waals surface area contributed by atoms with Crippen LogP contribution in [0, 0.1) is 6.92 Å². The summed E-state index contributed by atoms with van der Waals surface area (Å²) in [5.74, 6) is -1.70. The molecule has 1 amide bonds. The maximum Gasteiger partial charge on any atom is 0.326 e. The lowest BCUT2D eigenvalue weighted by molar-refractivity contribution is -0.139. The van der Waals surface area contributed by atoms with E-state index in [9.17, 15) is 14.4 Å². The number of hydrogen-bond donors (Lipinski definition) is 3. The molecule has 1 atom stereocenters. The lowest BCUT2D eigenvalue weighted by atomic mass is 10.1. The highest BCUT2D eigenvalue weighted by atomic mass is 16.4. The van der Waals surface area contributed by atoms with Crippen LogP contribution in [0.3, 0.4) is 0 Å². The maximum absolute atomic E-state index is 12.2. The molecule has 0 fully saturated rings. The van der Waals surface area contributed by atoms with Crippen molar-refractivity contribution in [1.82, 2.24) is 15.1 Å². The summed E-state index contributed by atoms with van der Waals surface area (Å²) in [7, 11) is 0. The Morgan fingerprint density at radius 3 is 2.54 bits per heavy atom. The number of H-pyrrole nitrogens is 1. The van der Waals surface area contributed by atoms with Crippen LogP contribution in [0.4, 0.5) is 0 Å². The number of amides is 1. The average Bonchev–Trinajstić information content (AvgIpc) is 2.93. The Labute approximate surface area is 139 Å². The molecule has 3 N–H and O–H groups in total. The number of unbranched alkanes of at least 4 members (excludes halogenated alkanes) is 1. The second-order valence-corrected chi connectivity index (χ2v) is 5.69. The van der Waals surface area contributed by atoms with E-state index in [-0.39, 0.29) is 11.3 Å². The van der Waals surface area contributed by atoms with Crippen LogP contribution >= 0.6 is 0 Å². The van der Waals surface area contributed by atoms with Crippen molar-refractivity contribution in [1.29, 1.82) is 0 Å². The van der Waals surface area contributed by atoms with Crippen molar-refractivity contribution in [2.45, 2.75) is 39.2 Å². The molecule has 0 radical (unpaired) electrons. The van der Waals surface area contributed by atoms with E-state index in [1.54, 1.807) is 12.1 Å². The number of nitrogens with zero attached hydrogens (tertiary/aromatic N) is 1.